The van der Waals surface area contributed by atoms with Crippen LogP contribution in [0.25, 0.3) is 15.3 Å². The molecule has 2 aromatic carbocycles. The van der Waals surface area contributed by atoms with E-state index in [4.69, 9.17) is 24.3 Å². The lowest BCUT2D eigenvalue weighted by Crippen LogP contribution is -2.15. The molecule has 1 amide bonds. The number of amides is 1. The number of anilines is 1. The fourth-order valence-electron chi connectivity index (χ4n) is 3.91. The molecule has 0 saturated carbocycles. The van der Waals surface area contributed by atoms with Gasteiger partial charge in [0.15, 0.2) is 11.5 Å². The summed E-state index contributed by atoms with van der Waals surface area (Å²) in [5.74, 6) is 2.97. The molecule has 0 radical (unpaired) electrons. The monoisotopic (exact) mass is 482 g/mol. The van der Waals surface area contributed by atoms with Crippen LogP contribution >= 0.6 is 23.1 Å². The number of rotatable bonds is 5. The lowest BCUT2D eigenvalue weighted by molar-refractivity contribution is -0.113. The van der Waals surface area contributed by atoms with Gasteiger partial charge in [-0.15, -0.1) is 11.8 Å². The maximum Gasteiger partial charge on any atom is 0.235 e. The van der Waals surface area contributed by atoms with E-state index in [2.05, 4.69) is 5.32 Å². The fourth-order valence-corrected chi connectivity index (χ4v) is 6.04. The topological polar surface area (TPSA) is 87.5 Å². The van der Waals surface area contributed by atoms with Gasteiger partial charge < -0.3 is 19.5 Å². The number of hydrogen-bond donors (Lipinski definition) is 1. The van der Waals surface area contributed by atoms with Gasteiger partial charge in [-0.05, 0) is 42.8 Å². The first-order valence-electron chi connectivity index (χ1n) is 10.2. The van der Waals surface area contributed by atoms with Gasteiger partial charge in [-0.1, -0.05) is 17.4 Å². The number of methoxy groups -OCH3 is 3. The summed E-state index contributed by atoms with van der Waals surface area (Å²) >= 11 is 3.05. The van der Waals surface area contributed by atoms with Crippen molar-refractivity contribution in [3.05, 3.63) is 53.2 Å². The highest BCUT2D eigenvalue weighted by Crippen LogP contribution is 2.46. The number of thiazole rings is 1. The first-order chi connectivity index (χ1) is 16.0. The summed E-state index contributed by atoms with van der Waals surface area (Å²) in [7, 11) is 4.87. The van der Waals surface area contributed by atoms with Crippen LogP contribution in [0.1, 0.15) is 22.1 Å². The highest BCUT2D eigenvalue weighted by Gasteiger charge is 2.31. The fraction of sp³-hybridized carbons (Fsp3) is 0.261. The van der Waals surface area contributed by atoms with Crippen LogP contribution in [0.2, 0.25) is 0 Å². The van der Waals surface area contributed by atoms with Crippen molar-refractivity contribution < 1.29 is 19.0 Å². The van der Waals surface area contributed by atoms with E-state index in [1.807, 2.05) is 43.3 Å². The van der Waals surface area contributed by atoms with E-state index in [0.29, 0.717) is 28.2 Å². The molecule has 0 unspecified atom stereocenters. The van der Waals surface area contributed by atoms with Crippen molar-refractivity contribution in [2.75, 3.05) is 32.4 Å². The van der Waals surface area contributed by atoms with Crippen LogP contribution in [0.4, 0.5) is 5.82 Å². The van der Waals surface area contributed by atoms with E-state index >= 15 is 0 Å². The minimum atomic E-state index is -0.109. The smallest absolute Gasteiger partial charge is 0.235 e. The second-order valence-electron chi connectivity index (χ2n) is 7.44. The molecule has 1 aliphatic rings. The number of fused-ring (bicyclic) bond motifs is 2. The van der Waals surface area contributed by atoms with Gasteiger partial charge in [0.1, 0.15) is 11.6 Å². The van der Waals surface area contributed by atoms with Gasteiger partial charge in [0.2, 0.25) is 11.0 Å². The van der Waals surface area contributed by atoms with Crippen LogP contribution in [0.3, 0.4) is 0 Å². The normalized spacial score (nSPS) is 15.6. The first-order valence-corrected chi connectivity index (χ1v) is 12.1. The molecule has 0 aliphatic carbocycles. The molecule has 1 N–H and O–H groups in total. The molecular weight excluding hydrogens is 460 g/mol. The van der Waals surface area contributed by atoms with E-state index in [1.54, 1.807) is 37.8 Å². The Balaban J connectivity index is 1.64. The van der Waals surface area contributed by atoms with Crippen molar-refractivity contribution in [3.8, 4) is 22.4 Å². The Morgan fingerprint density at radius 1 is 1.06 bits per heavy atom. The SMILES string of the molecule is COc1ccc2nc(-n3nc(C)c4c3NC(=O)CS[C@@H]4c3ccc(OC)c(OC)c3)sc2c1. The highest BCUT2D eigenvalue weighted by atomic mass is 32.2. The second-order valence-corrected chi connectivity index (χ2v) is 9.55. The number of thioether (sulfide) groups is 1. The van der Waals surface area contributed by atoms with Gasteiger partial charge in [0.05, 0.1) is 48.2 Å². The molecule has 0 fully saturated rings. The van der Waals surface area contributed by atoms with Crippen LogP contribution in [0.15, 0.2) is 36.4 Å². The summed E-state index contributed by atoms with van der Waals surface area (Å²) in [5, 5.41) is 8.40. The van der Waals surface area contributed by atoms with Gasteiger partial charge in [-0.2, -0.15) is 9.78 Å². The lowest BCUT2D eigenvalue weighted by Gasteiger charge is -2.17. The minimum absolute atomic E-state index is 0.0758. The molecule has 170 valence electrons. The van der Waals surface area contributed by atoms with Crippen molar-refractivity contribution in [2.45, 2.75) is 12.2 Å². The van der Waals surface area contributed by atoms with E-state index in [9.17, 15) is 4.79 Å². The Kier molecular flexibility index (Phi) is 5.63. The third kappa shape index (κ3) is 3.79. The highest BCUT2D eigenvalue weighted by molar-refractivity contribution is 8.00. The molecule has 4 aromatic rings. The van der Waals surface area contributed by atoms with Crippen LogP contribution in [0, 0.1) is 6.92 Å². The molecule has 2 aromatic heterocycles. The quantitative estimate of drug-likeness (QED) is 0.445. The molecule has 5 rings (SSSR count). The van der Waals surface area contributed by atoms with Crippen molar-refractivity contribution >= 4 is 45.0 Å². The Hall–Kier alpha value is -3.24. The van der Waals surface area contributed by atoms with Crippen LogP contribution in [0.5, 0.6) is 17.2 Å². The van der Waals surface area contributed by atoms with Crippen molar-refractivity contribution in [1.82, 2.24) is 14.8 Å². The average molecular weight is 483 g/mol. The molecular formula is C23H22N4O4S2. The van der Waals surface area contributed by atoms with E-state index < -0.39 is 0 Å². The number of benzene rings is 2. The van der Waals surface area contributed by atoms with Crippen molar-refractivity contribution in [2.24, 2.45) is 0 Å². The third-order valence-corrected chi connectivity index (χ3v) is 7.75. The standard InChI is InChI=1S/C23H22N4O4S2/c1-12-20-21(13-5-8-16(30-3)17(9-13)31-4)32-11-19(28)25-22(20)27(26-12)23-24-15-7-6-14(29-2)10-18(15)33-23/h5-10,21H,11H2,1-4H3,(H,25,28)/t21-/m1/s1. The van der Waals surface area contributed by atoms with Gasteiger partial charge in [0, 0.05) is 5.56 Å². The number of nitrogens with one attached hydrogen (secondary N) is 1. The van der Waals surface area contributed by atoms with E-state index in [1.165, 1.54) is 11.3 Å². The van der Waals surface area contributed by atoms with Gasteiger partial charge in [-0.25, -0.2) is 4.98 Å². The zero-order chi connectivity index (χ0) is 23.1. The van der Waals surface area contributed by atoms with Crippen molar-refractivity contribution in [1.29, 1.82) is 0 Å². The molecule has 8 nitrogen and oxygen atoms in total. The molecule has 3 heterocycles. The number of carbonyl (C=O) groups excluding carboxylic acids is 1. The number of carbonyl (C=O) groups is 1. The average Bonchev–Trinajstić information content (AvgIpc) is 3.33. The Morgan fingerprint density at radius 2 is 1.88 bits per heavy atom. The minimum Gasteiger partial charge on any atom is -0.497 e. The number of nitrogens with zero attached hydrogens (tertiary/aromatic N) is 3. The van der Waals surface area contributed by atoms with E-state index in [-0.39, 0.29) is 11.2 Å². The molecule has 33 heavy (non-hydrogen) atoms. The summed E-state index contributed by atoms with van der Waals surface area (Å²) in [6.45, 7) is 1.96. The zero-order valence-corrected chi connectivity index (χ0v) is 20.2. The molecule has 0 bridgehead atoms. The number of aryl methyl sites for hydroxylation is 1. The molecule has 0 saturated heterocycles. The Bertz CT molecular complexity index is 1360. The predicted octanol–water partition coefficient (Wildman–Crippen LogP) is 4.59. The first kappa shape index (κ1) is 21.6. The summed E-state index contributed by atoms with van der Waals surface area (Å²) < 4.78 is 19.0. The largest absolute Gasteiger partial charge is 0.497 e. The summed E-state index contributed by atoms with van der Waals surface area (Å²) in [4.78, 5) is 17.4. The summed E-state index contributed by atoms with van der Waals surface area (Å²) in [6.07, 6.45) is 0. The number of hydrogen-bond acceptors (Lipinski definition) is 8. The zero-order valence-electron chi connectivity index (χ0n) is 18.5. The van der Waals surface area contributed by atoms with Crippen LogP contribution < -0.4 is 19.5 Å². The van der Waals surface area contributed by atoms with Gasteiger partial charge in [-0.3, -0.25) is 4.79 Å². The maximum atomic E-state index is 12.6. The van der Waals surface area contributed by atoms with Crippen LogP contribution in [-0.4, -0.2) is 47.8 Å². The van der Waals surface area contributed by atoms with Crippen molar-refractivity contribution in [3.63, 3.8) is 0 Å². The Morgan fingerprint density at radius 3 is 2.64 bits per heavy atom. The number of aromatic nitrogens is 3. The maximum absolute atomic E-state index is 12.6. The van der Waals surface area contributed by atoms with Crippen LogP contribution in [-0.2, 0) is 4.79 Å². The molecule has 1 atom stereocenters. The Labute approximate surface area is 198 Å². The molecule has 0 spiro atoms. The lowest BCUT2D eigenvalue weighted by atomic mass is 10.0. The third-order valence-electron chi connectivity index (χ3n) is 5.48. The van der Waals surface area contributed by atoms with E-state index in [0.717, 1.165) is 32.8 Å². The second kappa shape index (κ2) is 8.60. The predicted molar refractivity (Wildman–Crippen MR) is 131 cm³/mol. The van der Waals surface area contributed by atoms with Gasteiger partial charge in [0.25, 0.3) is 0 Å². The summed E-state index contributed by atoms with van der Waals surface area (Å²) in [5.41, 5.74) is 3.64. The summed E-state index contributed by atoms with van der Waals surface area (Å²) in [6, 6.07) is 11.6. The molecule has 10 heteroatoms. The number of ether oxygens (including phenoxy) is 3. The molecule has 1 aliphatic heterocycles. The van der Waals surface area contributed by atoms with Gasteiger partial charge >= 0.3 is 0 Å².